The number of furan rings is 1. The highest BCUT2D eigenvalue weighted by molar-refractivity contribution is 8.00. The number of aromatic nitrogens is 1. The number of hydrogen-bond acceptors (Lipinski definition) is 6. The van der Waals surface area contributed by atoms with Crippen molar-refractivity contribution in [2.75, 3.05) is 5.73 Å². The highest BCUT2D eigenvalue weighted by atomic mass is 32.2. The number of thioether (sulfide) groups is 1. The Labute approximate surface area is 143 Å². The van der Waals surface area contributed by atoms with E-state index >= 15 is 0 Å². The number of pyridine rings is 1. The first-order valence-corrected chi connectivity index (χ1v) is 8.46. The molecule has 3 rings (SSSR count). The van der Waals surface area contributed by atoms with E-state index in [4.69, 9.17) is 10.2 Å². The number of ketones is 1. The molecule has 3 N–H and O–H groups in total. The minimum Gasteiger partial charge on any atom is -0.464 e. The normalized spacial score (nSPS) is 17.2. The molecule has 1 aliphatic carbocycles. The average molecular weight is 339 g/mol. The van der Waals surface area contributed by atoms with Gasteiger partial charge >= 0.3 is 0 Å². The van der Waals surface area contributed by atoms with Gasteiger partial charge in [-0.25, -0.2) is 4.98 Å². The predicted molar refractivity (Wildman–Crippen MR) is 87.7 cm³/mol. The zero-order chi connectivity index (χ0) is 17.1. The third kappa shape index (κ3) is 2.86. The van der Waals surface area contributed by atoms with Crippen molar-refractivity contribution in [3.8, 4) is 23.5 Å². The van der Waals surface area contributed by atoms with Gasteiger partial charge in [0.15, 0.2) is 10.6 Å². The number of nitrogens with zero attached hydrogens (tertiary/aromatic N) is 2. The van der Waals surface area contributed by atoms with Crippen LogP contribution in [0.1, 0.15) is 36.8 Å². The summed E-state index contributed by atoms with van der Waals surface area (Å²) in [7, 11) is 0. The summed E-state index contributed by atoms with van der Waals surface area (Å²) in [5, 5.41) is 19.4. The molecule has 0 spiro atoms. The number of hydrogen-bond donors (Lipinski definition) is 1. The van der Waals surface area contributed by atoms with E-state index in [1.54, 1.807) is 12.1 Å². The Morgan fingerprint density at radius 2 is 2.08 bits per heavy atom. The van der Waals surface area contributed by atoms with Crippen molar-refractivity contribution in [1.82, 2.24) is 0 Å². The summed E-state index contributed by atoms with van der Waals surface area (Å²) in [6.07, 6.45) is 4.72. The van der Waals surface area contributed by atoms with Gasteiger partial charge in [0.1, 0.15) is 29.2 Å². The molecule has 6 nitrogen and oxygen atoms in total. The summed E-state index contributed by atoms with van der Waals surface area (Å²) >= 11 is 1.31. The van der Waals surface area contributed by atoms with Gasteiger partial charge in [-0.1, -0.05) is 18.2 Å². The highest BCUT2D eigenvalue weighted by Crippen LogP contribution is 2.37. The molecule has 0 saturated heterocycles. The van der Waals surface area contributed by atoms with E-state index in [2.05, 4.69) is 11.1 Å². The maximum Gasteiger partial charge on any atom is 0.289 e. The number of carbonyl (C=O) groups excluding carboxylic acids is 1. The molecule has 0 radical (unpaired) electrons. The van der Waals surface area contributed by atoms with Gasteiger partial charge in [-0.2, -0.15) is 10.5 Å². The number of H-pyrrole nitrogens is 1. The van der Waals surface area contributed by atoms with Crippen molar-refractivity contribution in [3.63, 3.8) is 0 Å². The van der Waals surface area contributed by atoms with Crippen LogP contribution in [0.25, 0.3) is 11.3 Å². The van der Waals surface area contributed by atoms with Crippen LogP contribution in [-0.4, -0.2) is 11.0 Å². The molecule has 7 heteroatoms. The molecule has 120 valence electrons. The van der Waals surface area contributed by atoms with Crippen molar-refractivity contribution < 1.29 is 14.2 Å². The molecule has 2 aromatic rings. The third-order valence-corrected chi connectivity index (χ3v) is 5.32. The van der Waals surface area contributed by atoms with Crippen LogP contribution in [0.15, 0.2) is 27.8 Å². The van der Waals surface area contributed by atoms with Crippen LogP contribution in [0.2, 0.25) is 0 Å². The fourth-order valence-corrected chi connectivity index (χ4v) is 4.07. The molecule has 0 bridgehead atoms. The Hall–Kier alpha value is -2.77. The molecule has 1 fully saturated rings. The molecular formula is C17H15N4O2S+. The highest BCUT2D eigenvalue weighted by Gasteiger charge is 2.30. The van der Waals surface area contributed by atoms with Crippen LogP contribution in [-0.2, 0) is 4.79 Å². The van der Waals surface area contributed by atoms with Crippen LogP contribution in [0.5, 0.6) is 0 Å². The van der Waals surface area contributed by atoms with Gasteiger partial charge in [0.25, 0.3) is 5.82 Å². The standard InChI is InChI=1S/C17H14N4O2S/c18-8-10-15(13-5-3-7-23-13)11(9-19)17(21-16(10)20)24-14-6-2-1-4-12(14)22/h3,5,7,14H,1-2,4,6H2,(H2,20,21)/p+1. The van der Waals surface area contributed by atoms with Gasteiger partial charge in [0, 0.05) is 6.42 Å². The van der Waals surface area contributed by atoms with Gasteiger partial charge in [0.2, 0.25) is 0 Å². The zero-order valence-electron chi connectivity index (χ0n) is 12.8. The number of nitrogens with two attached hydrogens (primary N) is 1. The molecule has 0 aliphatic heterocycles. The second-order valence-electron chi connectivity index (χ2n) is 5.51. The van der Waals surface area contributed by atoms with E-state index in [-0.39, 0.29) is 28.0 Å². The maximum absolute atomic E-state index is 12.1. The van der Waals surface area contributed by atoms with Crippen molar-refractivity contribution in [1.29, 1.82) is 10.5 Å². The summed E-state index contributed by atoms with van der Waals surface area (Å²) in [4.78, 5) is 15.0. The first-order chi connectivity index (χ1) is 11.7. The molecule has 1 unspecified atom stereocenters. The Morgan fingerprint density at radius 3 is 2.71 bits per heavy atom. The van der Waals surface area contributed by atoms with E-state index in [9.17, 15) is 15.3 Å². The molecule has 2 heterocycles. The molecule has 1 saturated carbocycles. The Bertz CT molecular complexity index is 862. The van der Waals surface area contributed by atoms with Gasteiger partial charge in [-0.3, -0.25) is 10.5 Å². The zero-order valence-corrected chi connectivity index (χ0v) is 13.7. The second-order valence-corrected chi connectivity index (χ2v) is 6.73. The lowest BCUT2D eigenvalue weighted by atomic mass is 9.99. The first kappa shape index (κ1) is 16.1. The van der Waals surface area contributed by atoms with Crippen molar-refractivity contribution in [2.24, 2.45) is 0 Å². The van der Waals surface area contributed by atoms with Gasteiger partial charge in [-0.05, 0) is 25.0 Å². The fraction of sp³-hybridized carbons (Fsp3) is 0.294. The average Bonchev–Trinajstić information content (AvgIpc) is 3.10. The number of rotatable bonds is 3. The molecule has 1 aliphatic rings. The van der Waals surface area contributed by atoms with Crippen LogP contribution < -0.4 is 10.7 Å². The molecule has 0 amide bonds. The topological polar surface area (TPSA) is 118 Å². The minimum absolute atomic E-state index is 0.161. The van der Waals surface area contributed by atoms with E-state index in [0.29, 0.717) is 22.8 Å². The van der Waals surface area contributed by atoms with Crippen molar-refractivity contribution in [2.45, 2.75) is 36.0 Å². The quantitative estimate of drug-likeness (QED) is 0.918. The van der Waals surface area contributed by atoms with E-state index in [0.717, 1.165) is 19.3 Å². The maximum atomic E-state index is 12.1. The summed E-state index contributed by atoms with van der Waals surface area (Å²) in [6.45, 7) is 0. The number of nitrogen functional groups attached to an aromatic ring is 1. The van der Waals surface area contributed by atoms with Crippen molar-refractivity contribution in [3.05, 3.63) is 29.5 Å². The third-order valence-electron chi connectivity index (χ3n) is 3.99. The monoisotopic (exact) mass is 339 g/mol. The lowest BCUT2D eigenvalue weighted by molar-refractivity contribution is -0.410. The second kappa shape index (κ2) is 6.77. The summed E-state index contributed by atoms with van der Waals surface area (Å²) in [5.41, 5.74) is 6.79. The minimum atomic E-state index is -0.195. The number of anilines is 1. The van der Waals surface area contributed by atoms with E-state index < -0.39 is 0 Å². The lowest BCUT2D eigenvalue weighted by Gasteiger charge is -2.19. The summed E-state index contributed by atoms with van der Waals surface area (Å²) in [5.74, 6) is 0.750. The summed E-state index contributed by atoms with van der Waals surface area (Å²) < 4.78 is 5.38. The number of nitrogens with one attached hydrogen (secondary N) is 1. The number of carbonyl (C=O) groups is 1. The Balaban J connectivity index is 2.12. The number of Topliss-reactive ketones (excluding diaryl/α,β-unsaturated/α-hetero) is 1. The van der Waals surface area contributed by atoms with E-state index in [1.807, 2.05) is 6.07 Å². The van der Waals surface area contributed by atoms with Crippen LogP contribution in [0, 0.1) is 22.7 Å². The van der Waals surface area contributed by atoms with E-state index in [1.165, 1.54) is 18.0 Å². The Kier molecular flexibility index (Phi) is 4.54. The lowest BCUT2D eigenvalue weighted by Crippen LogP contribution is -2.25. The molecule has 24 heavy (non-hydrogen) atoms. The predicted octanol–water partition coefficient (Wildman–Crippen LogP) is 2.69. The SMILES string of the molecule is N#Cc1c(N)[nH+]c(SC2CCCCC2=O)c(C#N)c1-c1ccco1. The van der Waals surface area contributed by atoms with Gasteiger partial charge < -0.3 is 4.42 Å². The fourth-order valence-electron chi connectivity index (χ4n) is 2.82. The summed E-state index contributed by atoms with van der Waals surface area (Å²) in [6, 6.07) is 7.51. The molecule has 1 atom stereocenters. The van der Waals surface area contributed by atoms with Gasteiger partial charge in [0.05, 0.1) is 17.1 Å². The van der Waals surface area contributed by atoms with Crippen LogP contribution in [0.4, 0.5) is 5.82 Å². The largest absolute Gasteiger partial charge is 0.464 e. The number of nitriles is 2. The molecular weight excluding hydrogens is 324 g/mol. The first-order valence-electron chi connectivity index (χ1n) is 7.58. The number of aromatic amines is 1. The smallest absolute Gasteiger partial charge is 0.289 e. The van der Waals surface area contributed by atoms with Crippen LogP contribution in [0.3, 0.4) is 0 Å². The molecule has 0 aromatic carbocycles. The molecule has 2 aromatic heterocycles. The van der Waals surface area contributed by atoms with Gasteiger partial charge in [-0.15, -0.1) is 0 Å². The van der Waals surface area contributed by atoms with Crippen molar-refractivity contribution >= 4 is 23.4 Å². The Morgan fingerprint density at radius 1 is 1.29 bits per heavy atom. The van der Waals surface area contributed by atoms with Crippen LogP contribution >= 0.6 is 11.8 Å².